The lowest BCUT2D eigenvalue weighted by Gasteiger charge is -2.33. The number of carbonyl (C=O) groups excluding carboxylic acids is 1. The summed E-state index contributed by atoms with van der Waals surface area (Å²) in [5.74, 6) is 0.827. The molecule has 94 valence electrons. The highest BCUT2D eigenvalue weighted by atomic mass is 32.3. The molecule has 0 aliphatic heterocycles. The fourth-order valence-corrected chi connectivity index (χ4v) is 4.30. The van der Waals surface area contributed by atoms with Crippen LogP contribution in [0.15, 0.2) is 65.6 Å². The van der Waals surface area contributed by atoms with Gasteiger partial charge in [0.1, 0.15) is 0 Å². The van der Waals surface area contributed by atoms with Gasteiger partial charge in [0.05, 0.1) is 0 Å². The minimum Gasteiger partial charge on any atom is -0.289 e. The smallest absolute Gasteiger partial charge is 0.172 e. The summed E-state index contributed by atoms with van der Waals surface area (Å²) < 4.78 is 0. The molecule has 2 heteroatoms. The van der Waals surface area contributed by atoms with Crippen molar-refractivity contribution in [2.75, 3.05) is 6.26 Å². The summed E-state index contributed by atoms with van der Waals surface area (Å²) in [4.78, 5) is 13.3. The summed E-state index contributed by atoms with van der Waals surface area (Å²) >= 11 is 0. The fourth-order valence-electron chi connectivity index (χ4n) is 1.98. The second kappa shape index (κ2) is 5.40. The standard InChI is InChI=1S/C16H18OS/c1-14(17)18(2,16-11-7-4-8-12-16)13-15-9-5-3-6-10-15/h3-12H,13H2,1-2H3. The van der Waals surface area contributed by atoms with Crippen molar-refractivity contribution in [1.29, 1.82) is 0 Å². The molecule has 0 N–H and O–H groups in total. The van der Waals surface area contributed by atoms with Gasteiger partial charge in [-0.3, -0.25) is 4.79 Å². The Kier molecular flexibility index (Phi) is 3.87. The minimum atomic E-state index is -1.43. The Morgan fingerprint density at radius 2 is 1.44 bits per heavy atom. The Labute approximate surface area is 110 Å². The van der Waals surface area contributed by atoms with Crippen molar-refractivity contribution in [3.63, 3.8) is 0 Å². The maximum absolute atomic E-state index is 12.1. The molecule has 0 spiro atoms. The maximum Gasteiger partial charge on any atom is 0.172 e. The van der Waals surface area contributed by atoms with Crippen LogP contribution in [-0.2, 0) is 10.5 Å². The van der Waals surface area contributed by atoms with Crippen LogP contribution in [0.2, 0.25) is 0 Å². The van der Waals surface area contributed by atoms with E-state index in [1.165, 1.54) is 10.5 Å². The van der Waals surface area contributed by atoms with Gasteiger partial charge in [0.2, 0.25) is 0 Å². The van der Waals surface area contributed by atoms with Crippen LogP contribution < -0.4 is 0 Å². The molecular formula is C16H18OS. The summed E-state index contributed by atoms with van der Waals surface area (Å²) in [6, 6.07) is 20.4. The zero-order valence-electron chi connectivity index (χ0n) is 10.8. The van der Waals surface area contributed by atoms with E-state index < -0.39 is 10.0 Å². The van der Waals surface area contributed by atoms with Crippen molar-refractivity contribution >= 4 is 15.1 Å². The summed E-state index contributed by atoms with van der Waals surface area (Å²) in [7, 11) is -1.43. The fraction of sp³-hybridized carbons (Fsp3) is 0.188. The van der Waals surface area contributed by atoms with Crippen molar-refractivity contribution in [3.05, 3.63) is 66.2 Å². The lowest BCUT2D eigenvalue weighted by molar-refractivity contribution is -0.109. The number of benzene rings is 2. The second-order valence-electron chi connectivity index (χ2n) is 4.52. The van der Waals surface area contributed by atoms with Crippen molar-refractivity contribution < 1.29 is 4.79 Å². The normalized spacial score (nSPS) is 15.7. The molecule has 2 aromatic rings. The van der Waals surface area contributed by atoms with E-state index in [1.54, 1.807) is 6.92 Å². The highest BCUT2D eigenvalue weighted by molar-refractivity contribution is 8.44. The molecule has 1 nitrogen and oxygen atoms in total. The number of carbonyl (C=O) groups is 1. The van der Waals surface area contributed by atoms with Gasteiger partial charge in [-0.25, -0.2) is 0 Å². The summed E-state index contributed by atoms with van der Waals surface area (Å²) in [6.45, 7) is 1.71. The van der Waals surface area contributed by atoms with Crippen LogP contribution in [0.4, 0.5) is 0 Å². The lowest BCUT2D eigenvalue weighted by atomic mass is 10.2. The first-order valence-corrected chi connectivity index (χ1v) is 8.19. The van der Waals surface area contributed by atoms with Gasteiger partial charge in [-0.2, -0.15) is 10.0 Å². The SMILES string of the molecule is CC(=O)S(C)(Cc1ccccc1)c1ccccc1. The first kappa shape index (κ1) is 12.9. The predicted octanol–water partition coefficient (Wildman–Crippen LogP) is 4.23. The lowest BCUT2D eigenvalue weighted by Crippen LogP contribution is -2.11. The molecule has 0 amide bonds. The summed E-state index contributed by atoms with van der Waals surface area (Å²) in [5.41, 5.74) is 1.23. The minimum absolute atomic E-state index is 0.289. The van der Waals surface area contributed by atoms with Crippen LogP contribution in [0.3, 0.4) is 0 Å². The van der Waals surface area contributed by atoms with Gasteiger partial charge in [-0.1, -0.05) is 48.5 Å². The van der Waals surface area contributed by atoms with Gasteiger partial charge in [0.25, 0.3) is 0 Å². The third-order valence-corrected chi connectivity index (χ3v) is 6.69. The maximum atomic E-state index is 12.1. The zero-order chi connectivity index (χ0) is 13.0. The first-order chi connectivity index (χ1) is 8.63. The largest absolute Gasteiger partial charge is 0.289 e. The molecule has 2 rings (SSSR count). The van der Waals surface area contributed by atoms with E-state index in [2.05, 4.69) is 30.5 Å². The summed E-state index contributed by atoms with van der Waals surface area (Å²) in [6.07, 6.45) is 2.11. The Morgan fingerprint density at radius 1 is 0.944 bits per heavy atom. The van der Waals surface area contributed by atoms with E-state index >= 15 is 0 Å². The monoisotopic (exact) mass is 258 g/mol. The van der Waals surface area contributed by atoms with E-state index in [-0.39, 0.29) is 5.12 Å². The third-order valence-electron chi connectivity index (χ3n) is 3.20. The molecule has 0 aliphatic carbocycles. The molecule has 0 bridgehead atoms. The quantitative estimate of drug-likeness (QED) is 0.805. The van der Waals surface area contributed by atoms with E-state index in [1.807, 2.05) is 36.4 Å². The van der Waals surface area contributed by atoms with Crippen LogP contribution in [0.1, 0.15) is 12.5 Å². The Bertz CT molecular complexity index is 521. The van der Waals surface area contributed by atoms with Gasteiger partial charge in [-0.15, -0.1) is 0 Å². The molecule has 1 unspecified atom stereocenters. The predicted molar refractivity (Wildman–Crippen MR) is 79.1 cm³/mol. The van der Waals surface area contributed by atoms with E-state index in [9.17, 15) is 4.79 Å². The number of rotatable bonds is 3. The Morgan fingerprint density at radius 3 is 1.94 bits per heavy atom. The van der Waals surface area contributed by atoms with Gasteiger partial charge in [-0.05, 0) is 28.8 Å². The highest BCUT2D eigenvalue weighted by Crippen LogP contribution is 2.55. The second-order valence-corrected chi connectivity index (χ2v) is 8.03. The van der Waals surface area contributed by atoms with Gasteiger partial charge >= 0.3 is 0 Å². The Balaban J connectivity index is 2.37. The van der Waals surface area contributed by atoms with Crippen molar-refractivity contribution in [2.24, 2.45) is 0 Å². The highest BCUT2D eigenvalue weighted by Gasteiger charge is 2.26. The van der Waals surface area contributed by atoms with Crippen LogP contribution in [0.5, 0.6) is 0 Å². The number of hydrogen-bond acceptors (Lipinski definition) is 1. The van der Waals surface area contributed by atoms with Gasteiger partial charge < -0.3 is 0 Å². The van der Waals surface area contributed by atoms with Crippen LogP contribution in [0, 0.1) is 0 Å². The van der Waals surface area contributed by atoms with E-state index in [0.29, 0.717) is 0 Å². The molecule has 0 heterocycles. The van der Waals surface area contributed by atoms with E-state index in [4.69, 9.17) is 0 Å². The Hall–Kier alpha value is -1.54. The molecule has 0 aromatic heterocycles. The van der Waals surface area contributed by atoms with Gasteiger partial charge in [0.15, 0.2) is 5.12 Å². The van der Waals surface area contributed by atoms with Crippen LogP contribution in [0.25, 0.3) is 0 Å². The molecule has 0 fully saturated rings. The molecule has 0 saturated heterocycles. The molecule has 1 atom stereocenters. The zero-order valence-corrected chi connectivity index (χ0v) is 11.6. The molecule has 0 radical (unpaired) electrons. The van der Waals surface area contributed by atoms with Crippen LogP contribution >= 0.6 is 10.0 Å². The average Bonchev–Trinajstić information content (AvgIpc) is 2.40. The molecular weight excluding hydrogens is 240 g/mol. The average molecular weight is 258 g/mol. The summed E-state index contributed by atoms with van der Waals surface area (Å²) in [5, 5.41) is 0.289. The molecule has 0 saturated carbocycles. The van der Waals surface area contributed by atoms with Crippen molar-refractivity contribution in [3.8, 4) is 0 Å². The third kappa shape index (κ3) is 2.65. The van der Waals surface area contributed by atoms with Crippen molar-refractivity contribution in [2.45, 2.75) is 17.6 Å². The number of hydrogen-bond donors (Lipinski definition) is 0. The van der Waals surface area contributed by atoms with Gasteiger partial charge in [0, 0.05) is 12.7 Å². The van der Waals surface area contributed by atoms with Crippen molar-refractivity contribution in [1.82, 2.24) is 0 Å². The van der Waals surface area contributed by atoms with Crippen LogP contribution in [-0.4, -0.2) is 11.4 Å². The topological polar surface area (TPSA) is 17.1 Å². The van der Waals surface area contributed by atoms with E-state index in [0.717, 1.165) is 5.75 Å². The molecule has 18 heavy (non-hydrogen) atoms. The molecule has 2 aromatic carbocycles. The first-order valence-electron chi connectivity index (χ1n) is 5.98. The molecule has 0 aliphatic rings.